The van der Waals surface area contributed by atoms with E-state index in [4.69, 9.17) is 11.1 Å². The first kappa shape index (κ1) is 15.4. The van der Waals surface area contributed by atoms with Crippen molar-refractivity contribution in [1.29, 1.82) is 5.41 Å². The predicted molar refractivity (Wildman–Crippen MR) is 101 cm³/mol. The van der Waals surface area contributed by atoms with Gasteiger partial charge in [-0.25, -0.2) is 4.68 Å². The first-order valence-electron chi connectivity index (χ1n) is 8.22. The molecule has 4 aromatic rings. The predicted octanol–water partition coefficient (Wildman–Crippen LogP) is 3.54. The second-order valence-corrected chi connectivity index (χ2v) is 6.08. The van der Waals surface area contributed by atoms with E-state index < -0.39 is 0 Å². The fourth-order valence-corrected chi connectivity index (χ4v) is 3.17. The number of aromatic nitrogens is 3. The maximum absolute atomic E-state index is 7.32. The molecule has 1 unspecified atom stereocenters. The van der Waals surface area contributed by atoms with Gasteiger partial charge in [0.05, 0.1) is 11.2 Å². The third-order valence-electron chi connectivity index (χ3n) is 4.40. The smallest absolute Gasteiger partial charge is 0.0651 e. The maximum Gasteiger partial charge on any atom is 0.0651 e. The summed E-state index contributed by atoms with van der Waals surface area (Å²) in [5.74, 6) is 0. The van der Waals surface area contributed by atoms with Gasteiger partial charge in [0.2, 0.25) is 0 Å². The zero-order chi connectivity index (χ0) is 17.2. The molecule has 0 spiro atoms. The molecular formula is C20H19N5. The van der Waals surface area contributed by atoms with Crippen molar-refractivity contribution in [2.24, 2.45) is 5.73 Å². The highest BCUT2D eigenvalue weighted by atomic mass is 15.3. The van der Waals surface area contributed by atoms with Crippen molar-refractivity contribution in [3.05, 3.63) is 72.7 Å². The van der Waals surface area contributed by atoms with E-state index in [1.165, 1.54) is 6.21 Å². The molecule has 0 radical (unpaired) electrons. The zero-order valence-corrected chi connectivity index (χ0v) is 13.7. The molecule has 2 aromatic heterocycles. The largest absolute Gasteiger partial charge is 0.360 e. The molecule has 5 nitrogen and oxygen atoms in total. The second kappa shape index (κ2) is 6.37. The Balaban J connectivity index is 1.80. The molecule has 4 N–H and O–H groups in total. The number of benzene rings is 2. The lowest BCUT2D eigenvalue weighted by molar-refractivity contribution is 0.865. The summed E-state index contributed by atoms with van der Waals surface area (Å²) in [6.45, 7) is 0. The fraction of sp³-hybridized carbons (Fsp3) is 0.100. The Bertz CT molecular complexity index is 1010. The SMILES string of the molecule is N=CC(N)Cc1c[nH]c2c(-c3cccc(-n4cccn4)c3)cccc12. The summed E-state index contributed by atoms with van der Waals surface area (Å²) >= 11 is 0. The van der Waals surface area contributed by atoms with E-state index in [0.29, 0.717) is 6.42 Å². The Labute approximate surface area is 145 Å². The average Bonchev–Trinajstić information content (AvgIpc) is 3.32. The standard InChI is InChI=1S/C20H19N5/c21-12-16(22)10-15-13-23-20-18(6-2-7-19(15)20)14-4-1-5-17(11-14)25-9-3-8-24-25/h1-9,11-13,16,21,23H,10,22H2. The molecule has 0 saturated heterocycles. The molecule has 0 bridgehead atoms. The van der Waals surface area contributed by atoms with Crippen LogP contribution in [0.1, 0.15) is 5.56 Å². The van der Waals surface area contributed by atoms with Crippen LogP contribution in [0.3, 0.4) is 0 Å². The molecule has 2 aromatic carbocycles. The van der Waals surface area contributed by atoms with Crippen molar-refractivity contribution >= 4 is 17.1 Å². The van der Waals surface area contributed by atoms with Gasteiger partial charge in [-0.1, -0.05) is 30.3 Å². The molecule has 5 heteroatoms. The molecule has 0 aliphatic heterocycles. The van der Waals surface area contributed by atoms with Crippen molar-refractivity contribution in [3.63, 3.8) is 0 Å². The van der Waals surface area contributed by atoms with E-state index in [0.717, 1.165) is 33.3 Å². The summed E-state index contributed by atoms with van der Waals surface area (Å²) in [6.07, 6.45) is 7.65. The van der Waals surface area contributed by atoms with Crippen molar-refractivity contribution in [2.75, 3.05) is 0 Å². The molecule has 0 aliphatic rings. The fourth-order valence-electron chi connectivity index (χ4n) is 3.17. The van der Waals surface area contributed by atoms with Gasteiger partial charge in [0.1, 0.15) is 0 Å². The van der Waals surface area contributed by atoms with Gasteiger partial charge >= 0.3 is 0 Å². The van der Waals surface area contributed by atoms with Crippen LogP contribution in [-0.2, 0) is 6.42 Å². The third-order valence-corrected chi connectivity index (χ3v) is 4.40. The van der Waals surface area contributed by atoms with E-state index in [1.807, 2.05) is 35.3 Å². The molecule has 0 amide bonds. The molecule has 25 heavy (non-hydrogen) atoms. The lowest BCUT2D eigenvalue weighted by atomic mass is 9.99. The molecule has 0 aliphatic carbocycles. The van der Waals surface area contributed by atoms with Crippen LogP contribution < -0.4 is 5.73 Å². The van der Waals surface area contributed by atoms with Crippen LogP contribution in [0.5, 0.6) is 0 Å². The monoisotopic (exact) mass is 329 g/mol. The Morgan fingerprint density at radius 3 is 2.88 bits per heavy atom. The third kappa shape index (κ3) is 2.86. The van der Waals surface area contributed by atoms with Crippen LogP contribution in [0, 0.1) is 5.41 Å². The van der Waals surface area contributed by atoms with Crippen molar-refractivity contribution in [3.8, 4) is 16.8 Å². The molecule has 0 fully saturated rings. The van der Waals surface area contributed by atoms with Gasteiger partial charge in [-0.15, -0.1) is 0 Å². The molecular weight excluding hydrogens is 310 g/mol. The number of hydrogen-bond donors (Lipinski definition) is 3. The maximum atomic E-state index is 7.32. The van der Waals surface area contributed by atoms with E-state index in [-0.39, 0.29) is 6.04 Å². The molecule has 2 heterocycles. The number of nitrogens with zero attached hydrogens (tertiary/aromatic N) is 2. The normalized spacial score (nSPS) is 12.4. The summed E-state index contributed by atoms with van der Waals surface area (Å²) in [4.78, 5) is 3.39. The molecule has 1 atom stereocenters. The lowest BCUT2D eigenvalue weighted by Crippen LogP contribution is -2.23. The molecule has 0 saturated carbocycles. The summed E-state index contributed by atoms with van der Waals surface area (Å²) in [6, 6.07) is 16.2. The number of nitrogens with two attached hydrogens (primary N) is 1. The second-order valence-electron chi connectivity index (χ2n) is 6.08. The minimum absolute atomic E-state index is 0.259. The van der Waals surface area contributed by atoms with Crippen molar-refractivity contribution < 1.29 is 0 Å². The van der Waals surface area contributed by atoms with E-state index >= 15 is 0 Å². The van der Waals surface area contributed by atoms with Crippen molar-refractivity contribution in [2.45, 2.75) is 12.5 Å². The number of para-hydroxylation sites is 1. The van der Waals surface area contributed by atoms with Crippen LogP contribution >= 0.6 is 0 Å². The van der Waals surface area contributed by atoms with Gasteiger partial charge in [0.15, 0.2) is 0 Å². The highest BCUT2D eigenvalue weighted by Gasteiger charge is 2.11. The number of hydrogen-bond acceptors (Lipinski definition) is 3. The summed E-state index contributed by atoms with van der Waals surface area (Å²) in [7, 11) is 0. The molecule has 4 rings (SSSR count). The number of fused-ring (bicyclic) bond motifs is 1. The van der Waals surface area contributed by atoms with Crippen LogP contribution in [0.25, 0.3) is 27.7 Å². The van der Waals surface area contributed by atoms with Gasteiger partial charge < -0.3 is 16.1 Å². The number of nitrogens with one attached hydrogen (secondary N) is 2. The van der Waals surface area contributed by atoms with Crippen LogP contribution in [0.4, 0.5) is 0 Å². The van der Waals surface area contributed by atoms with Crippen molar-refractivity contribution in [1.82, 2.24) is 14.8 Å². The lowest BCUT2D eigenvalue weighted by Gasteiger charge is -2.08. The number of H-pyrrole nitrogens is 1. The number of rotatable bonds is 5. The minimum atomic E-state index is -0.259. The molecule has 124 valence electrons. The Morgan fingerprint density at radius 1 is 1.20 bits per heavy atom. The van der Waals surface area contributed by atoms with Gasteiger partial charge in [-0.05, 0) is 35.7 Å². The van der Waals surface area contributed by atoms with Crippen LogP contribution in [-0.4, -0.2) is 27.0 Å². The quantitative estimate of drug-likeness (QED) is 0.489. The van der Waals surface area contributed by atoms with Gasteiger partial charge in [0.25, 0.3) is 0 Å². The Morgan fingerprint density at radius 2 is 2.08 bits per heavy atom. The Hall–Kier alpha value is -3.18. The van der Waals surface area contributed by atoms with Crippen LogP contribution in [0.15, 0.2) is 67.1 Å². The Kier molecular flexibility index (Phi) is 3.91. The first-order valence-corrected chi connectivity index (χ1v) is 8.22. The van der Waals surface area contributed by atoms with E-state index in [1.54, 1.807) is 6.20 Å². The van der Waals surface area contributed by atoms with E-state index in [9.17, 15) is 0 Å². The first-order chi connectivity index (χ1) is 12.3. The topological polar surface area (TPSA) is 83.5 Å². The van der Waals surface area contributed by atoms with Gasteiger partial charge in [0, 0.05) is 41.8 Å². The van der Waals surface area contributed by atoms with Crippen LogP contribution in [0.2, 0.25) is 0 Å². The van der Waals surface area contributed by atoms with Gasteiger partial charge in [-0.2, -0.15) is 5.10 Å². The van der Waals surface area contributed by atoms with Gasteiger partial charge in [-0.3, -0.25) is 0 Å². The zero-order valence-electron chi connectivity index (χ0n) is 13.7. The van der Waals surface area contributed by atoms with E-state index in [2.05, 4.69) is 40.4 Å². The summed E-state index contributed by atoms with van der Waals surface area (Å²) in [5.41, 5.74) is 11.4. The minimum Gasteiger partial charge on any atom is -0.360 e. The summed E-state index contributed by atoms with van der Waals surface area (Å²) < 4.78 is 1.85. The average molecular weight is 329 g/mol. The number of aromatic amines is 1. The summed E-state index contributed by atoms with van der Waals surface area (Å²) in [5, 5.41) is 12.8. The highest BCUT2D eigenvalue weighted by molar-refractivity contribution is 5.96. The highest BCUT2D eigenvalue weighted by Crippen LogP contribution is 2.31.